The van der Waals surface area contributed by atoms with Gasteiger partial charge in [0.2, 0.25) is 0 Å². The summed E-state index contributed by atoms with van der Waals surface area (Å²) >= 11 is 0. The number of para-hydroxylation sites is 1. The van der Waals surface area contributed by atoms with E-state index in [9.17, 15) is 9.59 Å². The van der Waals surface area contributed by atoms with Gasteiger partial charge in [-0.3, -0.25) is 9.59 Å². The predicted octanol–water partition coefficient (Wildman–Crippen LogP) is 1.23. The lowest BCUT2D eigenvalue weighted by molar-refractivity contribution is -0.141. The Balaban J connectivity index is 1.64. The molecule has 0 fully saturated rings. The fourth-order valence-corrected chi connectivity index (χ4v) is 3.32. The van der Waals surface area contributed by atoms with Crippen LogP contribution in [0.3, 0.4) is 0 Å². The van der Waals surface area contributed by atoms with Crippen molar-refractivity contribution in [2.24, 2.45) is 0 Å². The second kappa shape index (κ2) is 9.38. The van der Waals surface area contributed by atoms with Crippen LogP contribution >= 0.6 is 0 Å². The Morgan fingerprint density at radius 3 is 2.46 bits per heavy atom. The molecule has 2 amide bonds. The first-order valence-electron chi connectivity index (χ1n) is 9.13. The maximum Gasteiger partial charge on any atom is 0.309 e. The first kappa shape index (κ1) is 19.9. The molecule has 1 aliphatic rings. The number of furan rings is 1. The lowest BCUT2D eigenvalue weighted by atomic mass is 10.1. The van der Waals surface area contributed by atoms with Crippen molar-refractivity contribution in [1.82, 2.24) is 10.6 Å². The van der Waals surface area contributed by atoms with E-state index in [-0.39, 0.29) is 19.1 Å². The molecule has 8 heteroatoms. The molecule has 0 radical (unpaired) electrons. The summed E-state index contributed by atoms with van der Waals surface area (Å²) in [5, 5.41) is 5.19. The van der Waals surface area contributed by atoms with Crippen molar-refractivity contribution in [1.29, 1.82) is 0 Å². The molecular weight excluding hydrogens is 362 g/mol. The van der Waals surface area contributed by atoms with Crippen molar-refractivity contribution in [3.05, 3.63) is 54.0 Å². The van der Waals surface area contributed by atoms with Crippen molar-refractivity contribution < 1.29 is 23.5 Å². The van der Waals surface area contributed by atoms with Gasteiger partial charge in [0.05, 0.1) is 12.8 Å². The van der Waals surface area contributed by atoms with Crippen molar-refractivity contribution in [2.75, 3.05) is 38.8 Å². The minimum atomic E-state index is -0.737. The van der Waals surface area contributed by atoms with Crippen LogP contribution in [0.5, 0.6) is 0 Å². The van der Waals surface area contributed by atoms with Crippen LogP contribution in [0, 0.1) is 0 Å². The van der Waals surface area contributed by atoms with Gasteiger partial charge in [-0.1, -0.05) is 18.2 Å². The summed E-state index contributed by atoms with van der Waals surface area (Å²) < 4.78 is 15.6. The Morgan fingerprint density at radius 2 is 1.79 bits per heavy atom. The largest absolute Gasteiger partial charge is 0.467 e. The molecule has 0 bridgehead atoms. The smallest absolute Gasteiger partial charge is 0.309 e. The molecule has 0 saturated carbocycles. The summed E-state index contributed by atoms with van der Waals surface area (Å²) in [4.78, 5) is 26.4. The number of nitrogens with zero attached hydrogens (tertiary/aromatic N) is 1. The highest BCUT2D eigenvalue weighted by Gasteiger charge is 2.29. The number of rotatable bonds is 8. The summed E-state index contributed by atoms with van der Waals surface area (Å²) in [6.45, 7) is 1.14. The standard InChI is InChI=1S/C20H25N3O5/c1-26-18(27-2)13-22-20(25)19(24)21-12-16(17-8-5-11-28-17)23-10-9-14-6-3-4-7-15(14)23/h3-8,11,16,18H,9-10,12-13H2,1-2H3,(H,21,24)(H,22,25)/t16-/m0/s1. The lowest BCUT2D eigenvalue weighted by Gasteiger charge is -2.29. The zero-order valence-electron chi connectivity index (χ0n) is 16.0. The van der Waals surface area contributed by atoms with Crippen LogP contribution in [0.2, 0.25) is 0 Å². The third-order valence-electron chi connectivity index (χ3n) is 4.79. The van der Waals surface area contributed by atoms with E-state index in [2.05, 4.69) is 27.7 Å². The number of ether oxygens (including phenoxy) is 2. The van der Waals surface area contributed by atoms with E-state index in [1.165, 1.54) is 19.8 Å². The summed E-state index contributed by atoms with van der Waals surface area (Å²) in [6.07, 6.45) is 1.93. The molecule has 28 heavy (non-hydrogen) atoms. The number of fused-ring (bicyclic) bond motifs is 1. The van der Waals surface area contributed by atoms with E-state index >= 15 is 0 Å². The molecule has 0 saturated heterocycles. The summed E-state index contributed by atoms with van der Waals surface area (Å²) in [6, 6.07) is 11.6. The highest BCUT2D eigenvalue weighted by Crippen LogP contribution is 2.34. The molecule has 0 spiro atoms. The van der Waals surface area contributed by atoms with Crippen LogP contribution in [0.15, 0.2) is 47.1 Å². The summed E-state index contributed by atoms with van der Waals surface area (Å²) in [5.41, 5.74) is 2.37. The Labute approximate surface area is 163 Å². The van der Waals surface area contributed by atoms with Crippen LogP contribution in [0.4, 0.5) is 5.69 Å². The average Bonchev–Trinajstić information content (AvgIpc) is 3.39. The second-order valence-electron chi connectivity index (χ2n) is 6.42. The van der Waals surface area contributed by atoms with E-state index in [0.29, 0.717) is 0 Å². The Kier molecular flexibility index (Phi) is 6.67. The van der Waals surface area contributed by atoms with Crippen LogP contribution in [0.25, 0.3) is 0 Å². The maximum atomic E-state index is 12.2. The lowest BCUT2D eigenvalue weighted by Crippen LogP contribution is -2.46. The summed E-state index contributed by atoms with van der Waals surface area (Å²) in [5.74, 6) is -0.717. The molecule has 2 aromatic rings. The number of carbonyl (C=O) groups excluding carboxylic acids is 2. The van der Waals surface area contributed by atoms with Crippen LogP contribution < -0.4 is 15.5 Å². The predicted molar refractivity (Wildman–Crippen MR) is 103 cm³/mol. The van der Waals surface area contributed by atoms with Gasteiger partial charge < -0.3 is 29.4 Å². The van der Waals surface area contributed by atoms with Crippen molar-refractivity contribution in [2.45, 2.75) is 18.8 Å². The number of anilines is 1. The third kappa shape index (κ3) is 4.52. The average molecular weight is 387 g/mol. The fourth-order valence-electron chi connectivity index (χ4n) is 3.32. The number of hydrogen-bond acceptors (Lipinski definition) is 6. The molecule has 1 aromatic carbocycles. The Morgan fingerprint density at radius 1 is 1.07 bits per heavy atom. The molecule has 8 nitrogen and oxygen atoms in total. The molecule has 1 aliphatic heterocycles. The Hall–Kier alpha value is -2.84. The minimum absolute atomic E-state index is 0.0837. The number of carbonyl (C=O) groups is 2. The van der Waals surface area contributed by atoms with Gasteiger partial charge in [0.25, 0.3) is 0 Å². The quantitative estimate of drug-likeness (QED) is 0.523. The number of nitrogens with one attached hydrogen (secondary N) is 2. The zero-order chi connectivity index (χ0) is 19.9. The van der Waals surface area contributed by atoms with E-state index in [1.807, 2.05) is 24.3 Å². The molecule has 0 aliphatic carbocycles. The zero-order valence-corrected chi connectivity index (χ0v) is 16.0. The van der Waals surface area contributed by atoms with E-state index in [0.717, 1.165) is 24.4 Å². The first-order chi connectivity index (χ1) is 13.6. The Bertz CT molecular complexity index is 789. The van der Waals surface area contributed by atoms with Gasteiger partial charge in [0.15, 0.2) is 6.29 Å². The molecule has 1 atom stereocenters. The molecule has 2 N–H and O–H groups in total. The van der Waals surface area contributed by atoms with E-state index in [4.69, 9.17) is 13.9 Å². The molecule has 1 aromatic heterocycles. The normalized spacial score (nSPS) is 14.0. The van der Waals surface area contributed by atoms with Gasteiger partial charge in [-0.25, -0.2) is 0 Å². The van der Waals surface area contributed by atoms with Gasteiger partial charge in [0.1, 0.15) is 11.8 Å². The number of amides is 2. The minimum Gasteiger partial charge on any atom is -0.467 e. The van der Waals surface area contributed by atoms with Gasteiger partial charge in [-0.2, -0.15) is 0 Å². The topological polar surface area (TPSA) is 93.0 Å². The second-order valence-corrected chi connectivity index (χ2v) is 6.42. The van der Waals surface area contributed by atoms with Crippen molar-refractivity contribution in [3.63, 3.8) is 0 Å². The molecule has 3 rings (SSSR count). The van der Waals surface area contributed by atoms with Crippen LogP contribution in [0.1, 0.15) is 17.4 Å². The first-order valence-corrected chi connectivity index (χ1v) is 9.13. The van der Waals surface area contributed by atoms with Crippen LogP contribution in [-0.2, 0) is 25.5 Å². The SMILES string of the molecule is COC(CNC(=O)C(=O)NC[C@@H](c1ccco1)N1CCc2ccccc21)OC. The number of methoxy groups -OCH3 is 2. The molecule has 0 unspecified atom stereocenters. The van der Waals surface area contributed by atoms with Gasteiger partial charge in [-0.15, -0.1) is 0 Å². The molecule has 2 heterocycles. The number of hydrogen-bond donors (Lipinski definition) is 2. The maximum absolute atomic E-state index is 12.2. The van der Waals surface area contributed by atoms with E-state index in [1.54, 1.807) is 6.26 Å². The third-order valence-corrected chi connectivity index (χ3v) is 4.79. The fraction of sp³-hybridized carbons (Fsp3) is 0.400. The number of benzene rings is 1. The van der Waals surface area contributed by atoms with Gasteiger partial charge in [-0.05, 0) is 30.2 Å². The molecular formula is C20H25N3O5. The van der Waals surface area contributed by atoms with Crippen LogP contribution in [-0.4, -0.2) is 52.0 Å². The van der Waals surface area contributed by atoms with Crippen molar-refractivity contribution >= 4 is 17.5 Å². The molecule has 150 valence electrons. The van der Waals surface area contributed by atoms with Crippen molar-refractivity contribution in [3.8, 4) is 0 Å². The summed E-state index contributed by atoms with van der Waals surface area (Å²) in [7, 11) is 2.92. The highest BCUT2D eigenvalue weighted by molar-refractivity contribution is 6.35. The van der Waals surface area contributed by atoms with Gasteiger partial charge >= 0.3 is 11.8 Å². The van der Waals surface area contributed by atoms with E-state index < -0.39 is 18.1 Å². The highest BCUT2D eigenvalue weighted by atomic mass is 16.7. The van der Waals surface area contributed by atoms with Gasteiger partial charge in [0, 0.05) is 33.0 Å². The monoisotopic (exact) mass is 387 g/mol.